The number of carbonyl (C=O) groups excluding carboxylic acids is 1. The number of thioether (sulfide) groups is 1. The highest BCUT2D eigenvalue weighted by Crippen LogP contribution is 2.32. The second kappa shape index (κ2) is 6.23. The van der Waals surface area contributed by atoms with Crippen molar-refractivity contribution < 1.29 is 9.53 Å². The quantitative estimate of drug-likeness (QED) is 0.524. The van der Waals surface area contributed by atoms with Crippen LogP contribution in [0.25, 0.3) is 0 Å². The third-order valence-corrected chi connectivity index (χ3v) is 3.81. The molecule has 0 aliphatic rings. The Morgan fingerprint density at radius 1 is 1.59 bits per heavy atom. The van der Waals surface area contributed by atoms with E-state index < -0.39 is 0 Å². The molecule has 0 aromatic heterocycles. The van der Waals surface area contributed by atoms with E-state index in [9.17, 15) is 4.79 Å². The minimum Gasteiger partial charge on any atom is -0.469 e. The van der Waals surface area contributed by atoms with Gasteiger partial charge >= 0.3 is 5.97 Å². The average Bonchev–Trinajstić information content (AvgIpc) is 2.28. The Hall–Kier alpha value is -0.780. The molecule has 1 aromatic carbocycles. The molecule has 0 unspecified atom stereocenters. The van der Waals surface area contributed by atoms with Gasteiger partial charge in [-0.2, -0.15) is 0 Å². The van der Waals surface area contributed by atoms with Crippen LogP contribution < -0.4 is 5.73 Å². The van der Waals surface area contributed by atoms with E-state index in [0.717, 1.165) is 10.5 Å². The monoisotopic (exact) mass is 289 g/mol. The first-order valence-electron chi connectivity index (χ1n) is 4.73. The van der Waals surface area contributed by atoms with Crippen LogP contribution in [0.5, 0.6) is 0 Å². The Bertz CT molecular complexity index is 463. The van der Waals surface area contributed by atoms with Crippen molar-refractivity contribution in [1.29, 1.82) is 0 Å². The normalized spacial score (nSPS) is 10.1. The van der Waals surface area contributed by atoms with E-state index in [1.807, 2.05) is 6.26 Å². The second-order valence-electron chi connectivity index (χ2n) is 3.24. The average molecular weight is 290 g/mol. The molecule has 1 rings (SSSR count). The van der Waals surface area contributed by atoms with Crippen molar-refractivity contribution >= 4 is 46.5 Å². The van der Waals surface area contributed by atoms with Crippen LogP contribution in [0, 0.1) is 0 Å². The zero-order chi connectivity index (χ0) is 13.0. The van der Waals surface area contributed by atoms with Gasteiger partial charge < -0.3 is 10.5 Å². The first-order chi connectivity index (χ1) is 8.01. The molecule has 0 spiro atoms. The van der Waals surface area contributed by atoms with Crippen LogP contribution in [0.4, 0.5) is 0 Å². The van der Waals surface area contributed by atoms with Crippen molar-refractivity contribution in [1.82, 2.24) is 0 Å². The zero-order valence-electron chi connectivity index (χ0n) is 9.45. The SMILES string of the molecule is COC(=O)Cc1ccc(C(N)=S)c(Cl)c1SC. The molecule has 0 heterocycles. The summed E-state index contributed by atoms with van der Waals surface area (Å²) < 4.78 is 4.63. The topological polar surface area (TPSA) is 52.3 Å². The first-order valence-corrected chi connectivity index (χ1v) is 6.74. The number of carbonyl (C=O) groups is 1. The Kier molecular flexibility index (Phi) is 5.24. The molecule has 92 valence electrons. The Morgan fingerprint density at radius 2 is 2.24 bits per heavy atom. The molecule has 0 saturated carbocycles. The number of rotatable bonds is 4. The number of hydrogen-bond donors (Lipinski definition) is 1. The molecule has 0 atom stereocenters. The highest BCUT2D eigenvalue weighted by atomic mass is 35.5. The number of nitrogens with two attached hydrogens (primary N) is 1. The van der Waals surface area contributed by atoms with Crippen LogP contribution in [0.2, 0.25) is 5.02 Å². The molecule has 0 bridgehead atoms. The van der Waals surface area contributed by atoms with Gasteiger partial charge in [0.1, 0.15) is 4.99 Å². The second-order valence-corrected chi connectivity index (χ2v) is 4.87. The molecule has 3 nitrogen and oxygen atoms in total. The van der Waals surface area contributed by atoms with E-state index in [-0.39, 0.29) is 17.4 Å². The van der Waals surface area contributed by atoms with Crippen molar-refractivity contribution in [2.45, 2.75) is 11.3 Å². The van der Waals surface area contributed by atoms with Crippen molar-refractivity contribution in [3.63, 3.8) is 0 Å². The van der Waals surface area contributed by atoms with Crippen LogP contribution in [0.3, 0.4) is 0 Å². The summed E-state index contributed by atoms with van der Waals surface area (Å²) in [6, 6.07) is 3.52. The smallest absolute Gasteiger partial charge is 0.310 e. The number of benzene rings is 1. The van der Waals surface area contributed by atoms with E-state index in [4.69, 9.17) is 29.6 Å². The lowest BCUT2D eigenvalue weighted by Gasteiger charge is -2.11. The van der Waals surface area contributed by atoms with Gasteiger partial charge in [0.25, 0.3) is 0 Å². The van der Waals surface area contributed by atoms with Crippen LogP contribution >= 0.6 is 35.6 Å². The van der Waals surface area contributed by atoms with E-state index in [0.29, 0.717) is 10.6 Å². The predicted octanol–water partition coefficient (Wildman–Crippen LogP) is 2.41. The van der Waals surface area contributed by atoms with Crippen molar-refractivity contribution in [3.05, 3.63) is 28.3 Å². The van der Waals surface area contributed by atoms with Crippen molar-refractivity contribution in [3.8, 4) is 0 Å². The molecule has 0 fully saturated rings. The van der Waals surface area contributed by atoms with E-state index >= 15 is 0 Å². The van der Waals surface area contributed by atoms with Gasteiger partial charge in [-0.05, 0) is 11.8 Å². The maximum atomic E-state index is 11.3. The largest absolute Gasteiger partial charge is 0.469 e. The fourth-order valence-electron chi connectivity index (χ4n) is 1.37. The molecule has 0 radical (unpaired) electrons. The number of hydrogen-bond acceptors (Lipinski definition) is 4. The first kappa shape index (κ1) is 14.3. The Morgan fingerprint density at radius 3 is 2.71 bits per heavy atom. The molecule has 2 N–H and O–H groups in total. The van der Waals surface area contributed by atoms with Gasteiger partial charge in [-0.3, -0.25) is 4.79 Å². The van der Waals surface area contributed by atoms with E-state index in [1.54, 1.807) is 12.1 Å². The van der Waals surface area contributed by atoms with Crippen molar-refractivity contribution in [2.24, 2.45) is 5.73 Å². The molecular weight excluding hydrogens is 278 g/mol. The maximum Gasteiger partial charge on any atom is 0.310 e. The molecule has 0 aliphatic heterocycles. The highest BCUT2D eigenvalue weighted by Gasteiger charge is 2.15. The third-order valence-electron chi connectivity index (χ3n) is 2.21. The lowest BCUT2D eigenvalue weighted by molar-refractivity contribution is -0.139. The third kappa shape index (κ3) is 3.34. The van der Waals surface area contributed by atoms with E-state index in [2.05, 4.69) is 4.74 Å². The molecule has 0 amide bonds. The lowest BCUT2D eigenvalue weighted by Crippen LogP contribution is -2.12. The summed E-state index contributed by atoms with van der Waals surface area (Å²) in [4.78, 5) is 12.3. The summed E-state index contributed by atoms with van der Waals surface area (Å²) in [5.74, 6) is -0.306. The zero-order valence-corrected chi connectivity index (χ0v) is 11.8. The van der Waals surface area contributed by atoms with Crippen LogP contribution in [-0.4, -0.2) is 24.3 Å². The van der Waals surface area contributed by atoms with Gasteiger partial charge in [-0.25, -0.2) is 0 Å². The number of thiocarbonyl (C=S) groups is 1. The molecule has 0 saturated heterocycles. The number of esters is 1. The number of halogens is 1. The summed E-state index contributed by atoms with van der Waals surface area (Å²) in [5, 5.41) is 0.492. The molecule has 17 heavy (non-hydrogen) atoms. The fraction of sp³-hybridized carbons (Fsp3) is 0.273. The predicted molar refractivity (Wildman–Crippen MR) is 74.8 cm³/mol. The molecule has 6 heteroatoms. The summed E-state index contributed by atoms with van der Waals surface area (Å²) in [6.45, 7) is 0. The van der Waals surface area contributed by atoms with Crippen molar-refractivity contribution in [2.75, 3.05) is 13.4 Å². The minimum absolute atomic E-state index is 0.185. The summed E-state index contributed by atoms with van der Waals surface area (Å²) in [7, 11) is 1.35. The Labute approximate surface area is 115 Å². The molecular formula is C11H12ClNO2S2. The fourth-order valence-corrected chi connectivity index (χ4v) is 2.81. The van der Waals surface area contributed by atoms with Gasteiger partial charge in [-0.15, -0.1) is 11.8 Å². The highest BCUT2D eigenvalue weighted by molar-refractivity contribution is 7.98. The van der Waals surface area contributed by atoms with Crippen LogP contribution in [0.1, 0.15) is 11.1 Å². The number of methoxy groups -OCH3 is 1. The molecule has 1 aromatic rings. The summed E-state index contributed by atoms with van der Waals surface area (Å²) in [5.41, 5.74) is 7.00. The van der Waals surface area contributed by atoms with Crippen LogP contribution in [0.15, 0.2) is 17.0 Å². The Balaban J connectivity index is 3.21. The standard InChI is InChI=1S/C11H12ClNO2S2/c1-15-8(14)5-6-3-4-7(11(13)16)9(12)10(6)17-2/h3-4H,5H2,1-2H3,(H2,13,16). The van der Waals surface area contributed by atoms with Crippen LogP contribution in [-0.2, 0) is 16.0 Å². The lowest BCUT2D eigenvalue weighted by atomic mass is 10.1. The van der Waals surface area contributed by atoms with Gasteiger partial charge in [0.2, 0.25) is 0 Å². The number of ether oxygens (including phenoxy) is 1. The maximum absolute atomic E-state index is 11.3. The van der Waals surface area contributed by atoms with Gasteiger partial charge in [0.05, 0.1) is 18.6 Å². The minimum atomic E-state index is -0.306. The van der Waals surface area contributed by atoms with E-state index in [1.165, 1.54) is 18.9 Å². The summed E-state index contributed by atoms with van der Waals surface area (Å²) >= 11 is 12.5. The summed E-state index contributed by atoms with van der Waals surface area (Å²) in [6.07, 6.45) is 2.06. The van der Waals surface area contributed by atoms with Gasteiger partial charge in [0.15, 0.2) is 0 Å². The van der Waals surface area contributed by atoms with Gasteiger partial charge in [-0.1, -0.05) is 36.0 Å². The molecule has 0 aliphatic carbocycles. The van der Waals surface area contributed by atoms with Gasteiger partial charge in [0, 0.05) is 10.5 Å².